The van der Waals surface area contributed by atoms with Crippen LogP contribution in [0, 0.1) is 11.8 Å². The van der Waals surface area contributed by atoms with Crippen LogP contribution in [0.3, 0.4) is 0 Å². The average molecular weight is 406 g/mol. The Morgan fingerprint density at radius 3 is 2.93 bits per heavy atom. The topological polar surface area (TPSA) is 80.1 Å². The first kappa shape index (κ1) is 20.1. The summed E-state index contributed by atoms with van der Waals surface area (Å²) in [5, 5.41) is 7.03. The fourth-order valence-corrected chi connectivity index (χ4v) is 4.61. The highest BCUT2D eigenvalue weighted by Crippen LogP contribution is 2.40. The fourth-order valence-electron chi connectivity index (χ4n) is 4.61. The van der Waals surface area contributed by atoms with E-state index in [2.05, 4.69) is 27.5 Å². The molecule has 5 rings (SSSR count). The number of carbonyl (C=O) groups excluding carboxylic acids is 2. The van der Waals surface area contributed by atoms with E-state index in [1.807, 2.05) is 35.0 Å². The second-order valence-corrected chi connectivity index (χ2v) is 8.06. The van der Waals surface area contributed by atoms with Crippen molar-refractivity contribution in [2.24, 2.45) is 18.9 Å². The number of aromatic nitrogens is 3. The molecule has 2 aromatic heterocycles. The Morgan fingerprint density at radius 1 is 1.30 bits per heavy atom. The van der Waals surface area contributed by atoms with Crippen LogP contribution in [0.4, 0.5) is 5.82 Å². The summed E-state index contributed by atoms with van der Waals surface area (Å²) < 4.78 is 1.91. The van der Waals surface area contributed by atoms with E-state index < -0.39 is 0 Å². The normalized spacial score (nSPS) is 22.4. The molecule has 2 amide bonds. The number of fused-ring (bicyclic) bond motifs is 2. The van der Waals surface area contributed by atoms with Crippen molar-refractivity contribution in [1.82, 2.24) is 19.7 Å². The largest absolute Gasteiger partial charge is 0.338 e. The molecular formula is C23H27N5O2. The number of likely N-dealkylation sites (tertiary alicyclic amines) is 1. The van der Waals surface area contributed by atoms with Gasteiger partial charge in [0.25, 0.3) is 0 Å². The highest BCUT2D eigenvalue weighted by Gasteiger charge is 2.38. The molecule has 2 aromatic rings. The monoisotopic (exact) mass is 405 g/mol. The number of allylic oxidation sites excluding steroid dienone is 1. The predicted octanol–water partition coefficient (Wildman–Crippen LogP) is 2.91. The van der Waals surface area contributed by atoms with Crippen LogP contribution in [-0.2, 0) is 23.1 Å². The van der Waals surface area contributed by atoms with Crippen molar-refractivity contribution in [2.45, 2.75) is 26.7 Å². The summed E-state index contributed by atoms with van der Waals surface area (Å²) in [4.78, 5) is 30.4. The standard InChI is InChI=1S/C22H23N5O2.CH4/c1-26-19(6-7-24-26)16-9-17-12-27(13-18(17)10-16)21(29)5-2-14-8-15-3-4-20(28)25-22(15)23-11-14;/h2,5-9,11,17-18H,3-4,10,12-13H2,1H3,(H,23,25,28);1H4/b5-2+;. The van der Waals surface area contributed by atoms with Gasteiger partial charge in [-0.25, -0.2) is 4.98 Å². The lowest BCUT2D eigenvalue weighted by Crippen LogP contribution is -2.27. The molecule has 7 nitrogen and oxygen atoms in total. The lowest BCUT2D eigenvalue weighted by Gasteiger charge is -2.16. The van der Waals surface area contributed by atoms with E-state index in [1.165, 1.54) is 11.3 Å². The molecule has 0 saturated carbocycles. The van der Waals surface area contributed by atoms with E-state index in [4.69, 9.17) is 0 Å². The number of hydrogen-bond acceptors (Lipinski definition) is 4. The molecule has 4 heterocycles. The Balaban J connectivity index is 0.00000218. The smallest absolute Gasteiger partial charge is 0.246 e. The molecule has 7 heteroatoms. The molecule has 1 fully saturated rings. The summed E-state index contributed by atoms with van der Waals surface area (Å²) >= 11 is 0. The lowest BCUT2D eigenvalue weighted by molar-refractivity contribution is -0.125. The minimum atomic E-state index is 0. The highest BCUT2D eigenvalue weighted by atomic mass is 16.2. The van der Waals surface area contributed by atoms with Crippen LogP contribution in [0.5, 0.6) is 0 Å². The van der Waals surface area contributed by atoms with Gasteiger partial charge in [-0.3, -0.25) is 14.3 Å². The first-order valence-electron chi connectivity index (χ1n) is 10.0. The van der Waals surface area contributed by atoms with E-state index in [9.17, 15) is 9.59 Å². The van der Waals surface area contributed by atoms with Crippen LogP contribution in [0.25, 0.3) is 11.6 Å². The van der Waals surface area contributed by atoms with Crippen LogP contribution >= 0.6 is 0 Å². The first-order valence-corrected chi connectivity index (χ1v) is 10.0. The van der Waals surface area contributed by atoms with Gasteiger partial charge >= 0.3 is 0 Å². The fraction of sp³-hybridized carbons (Fsp3) is 0.391. The Hall–Kier alpha value is -3.22. The molecule has 1 aliphatic carbocycles. The summed E-state index contributed by atoms with van der Waals surface area (Å²) in [5.74, 6) is 1.59. The van der Waals surface area contributed by atoms with Crippen molar-refractivity contribution in [3.8, 4) is 0 Å². The van der Waals surface area contributed by atoms with Crippen LogP contribution in [0.2, 0.25) is 0 Å². The molecule has 2 unspecified atom stereocenters. The zero-order valence-electron chi connectivity index (χ0n) is 16.3. The quantitative estimate of drug-likeness (QED) is 0.797. The molecule has 0 spiro atoms. The molecule has 30 heavy (non-hydrogen) atoms. The Bertz CT molecular complexity index is 1050. The number of nitrogens with zero attached hydrogens (tertiary/aromatic N) is 4. The predicted molar refractivity (Wildman–Crippen MR) is 116 cm³/mol. The molecule has 156 valence electrons. The maximum atomic E-state index is 12.7. The van der Waals surface area contributed by atoms with E-state index in [1.54, 1.807) is 12.3 Å². The van der Waals surface area contributed by atoms with E-state index in [-0.39, 0.29) is 19.2 Å². The van der Waals surface area contributed by atoms with Crippen LogP contribution in [0.1, 0.15) is 37.1 Å². The molecule has 2 atom stereocenters. The van der Waals surface area contributed by atoms with Crippen LogP contribution < -0.4 is 5.32 Å². The van der Waals surface area contributed by atoms with Crippen molar-refractivity contribution < 1.29 is 9.59 Å². The number of rotatable bonds is 3. The number of nitrogens with one attached hydrogen (secondary N) is 1. The van der Waals surface area contributed by atoms with Crippen molar-refractivity contribution in [3.05, 3.63) is 53.5 Å². The number of anilines is 1. The van der Waals surface area contributed by atoms with Gasteiger partial charge < -0.3 is 10.2 Å². The van der Waals surface area contributed by atoms with Crippen LogP contribution in [0.15, 0.2) is 36.7 Å². The first-order chi connectivity index (χ1) is 14.1. The number of aryl methyl sites for hydroxylation is 2. The number of carbonyl (C=O) groups is 2. The second kappa shape index (κ2) is 7.89. The van der Waals surface area contributed by atoms with Gasteiger partial charge in [0.05, 0.1) is 5.69 Å². The zero-order valence-corrected chi connectivity index (χ0v) is 16.3. The Morgan fingerprint density at radius 2 is 2.17 bits per heavy atom. The molecule has 1 N–H and O–H groups in total. The van der Waals surface area contributed by atoms with Crippen molar-refractivity contribution in [2.75, 3.05) is 18.4 Å². The number of hydrogen-bond donors (Lipinski definition) is 1. The number of pyridine rings is 1. The van der Waals surface area contributed by atoms with Crippen molar-refractivity contribution >= 4 is 29.3 Å². The minimum Gasteiger partial charge on any atom is -0.338 e. The Labute approximate surface area is 176 Å². The second-order valence-electron chi connectivity index (χ2n) is 8.06. The molecular weight excluding hydrogens is 378 g/mol. The van der Waals surface area contributed by atoms with Gasteiger partial charge in [-0.2, -0.15) is 5.10 Å². The molecule has 0 bridgehead atoms. The van der Waals surface area contributed by atoms with E-state index >= 15 is 0 Å². The molecule has 0 radical (unpaired) electrons. The summed E-state index contributed by atoms with van der Waals surface area (Å²) in [6.07, 6.45) is 11.5. The van der Waals surface area contributed by atoms with Crippen molar-refractivity contribution in [3.63, 3.8) is 0 Å². The summed E-state index contributed by atoms with van der Waals surface area (Å²) in [5.41, 5.74) is 4.41. The highest BCUT2D eigenvalue weighted by molar-refractivity contribution is 5.94. The summed E-state index contributed by atoms with van der Waals surface area (Å²) in [7, 11) is 1.97. The maximum absolute atomic E-state index is 12.7. The van der Waals surface area contributed by atoms with Gasteiger partial charge in [0.1, 0.15) is 5.82 Å². The van der Waals surface area contributed by atoms with Gasteiger partial charge in [-0.15, -0.1) is 0 Å². The molecule has 2 aliphatic heterocycles. The Kier molecular flexibility index (Phi) is 5.28. The van der Waals surface area contributed by atoms with E-state index in [0.29, 0.717) is 30.5 Å². The third-order valence-corrected chi connectivity index (χ3v) is 6.14. The van der Waals surface area contributed by atoms with Gasteiger partial charge in [0.2, 0.25) is 11.8 Å². The SMILES string of the molecule is C.Cn1nccc1C1=CC2CN(C(=O)/C=C/c3cnc4c(c3)CCC(=O)N4)CC2C1. The average Bonchev–Trinajstić information content (AvgIpc) is 3.40. The van der Waals surface area contributed by atoms with E-state index in [0.717, 1.165) is 30.6 Å². The molecule has 1 saturated heterocycles. The third kappa shape index (κ3) is 3.67. The maximum Gasteiger partial charge on any atom is 0.246 e. The third-order valence-electron chi connectivity index (χ3n) is 6.14. The van der Waals surface area contributed by atoms with Crippen molar-refractivity contribution in [1.29, 1.82) is 0 Å². The molecule has 3 aliphatic rings. The summed E-state index contributed by atoms with van der Waals surface area (Å²) in [6, 6.07) is 4.05. The lowest BCUT2D eigenvalue weighted by atomic mass is 9.99. The van der Waals surface area contributed by atoms with Gasteiger partial charge in [-0.1, -0.05) is 13.5 Å². The van der Waals surface area contributed by atoms with Gasteiger partial charge in [-0.05, 0) is 59.6 Å². The van der Waals surface area contributed by atoms with Crippen LogP contribution in [-0.4, -0.2) is 44.6 Å². The molecule has 0 aromatic carbocycles. The minimum absolute atomic E-state index is 0. The van der Waals surface area contributed by atoms with Gasteiger partial charge in [0, 0.05) is 45.0 Å². The van der Waals surface area contributed by atoms with Gasteiger partial charge in [0.15, 0.2) is 0 Å². The zero-order chi connectivity index (χ0) is 20.0. The number of amides is 2. The summed E-state index contributed by atoms with van der Waals surface area (Å²) in [6.45, 7) is 1.56.